The van der Waals surface area contributed by atoms with Crippen LogP contribution in [0.4, 0.5) is 0 Å². The number of hydrogen-bond acceptors (Lipinski definition) is 4. The van der Waals surface area contributed by atoms with E-state index in [1.807, 2.05) is 36.5 Å². The largest absolute Gasteiger partial charge is 0.501 e. The Kier molecular flexibility index (Phi) is 16.0. The minimum absolute atomic E-state index is 0. The summed E-state index contributed by atoms with van der Waals surface area (Å²) in [7, 11) is -3.04. The van der Waals surface area contributed by atoms with Gasteiger partial charge in [0.05, 0.1) is 44.4 Å². The van der Waals surface area contributed by atoms with Crippen LogP contribution in [0.15, 0.2) is 174 Å². The van der Waals surface area contributed by atoms with Crippen LogP contribution >= 0.6 is 0 Å². The van der Waals surface area contributed by atoms with Crippen LogP contribution in [0.25, 0.3) is 105 Å². The van der Waals surface area contributed by atoms with Crippen molar-refractivity contribution in [1.29, 1.82) is 0 Å². The van der Waals surface area contributed by atoms with Gasteiger partial charge in [-0.25, -0.2) is 0 Å². The molecule has 0 amide bonds. The molecular formula is C75H78IrN4OSi2-2. The van der Waals surface area contributed by atoms with E-state index in [0.29, 0.717) is 0 Å². The van der Waals surface area contributed by atoms with Gasteiger partial charge >= 0.3 is 0 Å². The normalized spacial score (nSPS) is 12.5. The topological polar surface area (TPSA) is 56.7 Å². The quantitative estimate of drug-likeness (QED) is 0.0821. The molecule has 0 aliphatic rings. The Morgan fingerprint density at radius 3 is 1.75 bits per heavy atom. The summed E-state index contributed by atoms with van der Waals surface area (Å²) in [6, 6.07) is 66.8. The van der Waals surface area contributed by atoms with Gasteiger partial charge in [-0.2, -0.15) is 0 Å². The number of hydrogen-bond donors (Lipinski definition) is 0. The molecule has 0 saturated heterocycles. The average Bonchev–Trinajstić information content (AvgIpc) is 2.00. The van der Waals surface area contributed by atoms with Gasteiger partial charge in [0.1, 0.15) is 5.58 Å². The smallest absolute Gasteiger partial charge is 0.121 e. The predicted octanol–water partition coefficient (Wildman–Crippen LogP) is 19.9. The Bertz CT molecular complexity index is 4310. The van der Waals surface area contributed by atoms with E-state index in [0.717, 1.165) is 61.4 Å². The Hall–Kier alpha value is -7.07. The molecule has 0 unspecified atom stereocenters. The molecule has 0 atom stereocenters. The second kappa shape index (κ2) is 22.5. The zero-order valence-electron chi connectivity index (χ0n) is 51.4. The summed E-state index contributed by atoms with van der Waals surface area (Å²) in [6.45, 7) is 37.4. The number of furan rings is 1. The maximum Gasteiger partial charge on any atom is 0.121 e. The van der Waals surface area contributed by atoms with Crippen LogP contribution in [-0.4, -0.2) is 35.7 Å². The fourth-order valence-corrected chi connectivity index (χ4v) is 13.9. The van der Waals surface area contributed by atoms with E-state index in [2.05, 4.69) is 269 Å². The molecule has 3 heterocycles. The Labute approximate surface area is 508 Å². The van der Waals surface area contributed by atoms with Gasteiger partial charge in [0.25, 0.3) is 0 Å². The number of aromatic nitrogens is 4. The molecule has 1 radical (unpaired) electrons. The average molecular weight is 1300 g/mol. The van der Waals surface area contributed by atoms with Crippen molar-refractivity contribution >= 4 is 81.0 Å². The number of fused-ring (bicyclic) bond motifs is 7. The van der Waals surface area contributed by atoms with Crippen molar-refractivity contribution in [3.63, 3.8) is 0 Å². The van der Waals surface area contributed by atoms with Gasteiger partial charge < -0.3 is 8.98 Å². The van der Waals surface area contributed by atoms with Crippen molar-refractivity contribution < 1.29 is 24.5 Å². The number of nitrogens with zero attached hydrogens (tertiary/aromatic N) is 4. The summed E-state index contributed by atoms with van der Waals surface area (Å²) in [5, 5.41) is 10.2. The minimum atomic E-state index is -1.52. The third-order valence-electron chi connectivity index (χ3n) is 16.2. The van der Waals surface area contributed by atoms with Gasteiger partial charge in [-0.1, -0.05) is 221 Å². The predicted molar refractivity (Wildman–Crippen MR) is 356 cm³/mol. The third kappa shape index (κ3) is 11.7. The summed E-state index contributed by atoms with van der Waals surface area (Å²) in [5.41, 5.74) is 16.6. The van der Waals surface area contributed by atoms with Crippen molar-refractivity contribution in [3.8, 4) is 50.7 Å². The Morgan fingerprint density at radius 2 is 1.14 bits per heavy atom. The third-order valence-corrected chi connectivity index (χ3v) is 20.3. The van der Waals surface area contributed by atoms with E-state index in [1.165, 1.54) is 76.5 Å². The first-order valence-electron chi connectivity index (χ1n) is 29.3. The molecule has 12 aromatic rings. The second-order valence-corrected chi connectivity index (χ2v) is 37.4. The van der Waals surface area contributed by atoms with Crippen molar-refractivity contribution in [3.05, 3.63) is 205 Å². The zero-order valence-corrected chi connectivity index (χ0v) is 55.7. The van der Waals surface area contributed by atoms with E-state index in [-0.39, 0.29) is 42.8 Å². The molecule has 0 aliphatic heterocycles. The molecule has 0 aliphatic carbocycles. The number of rotatable bonds is 9. The summed E-state index contributed by atoms with van der Waals surface area (Å²) in [4.78, 5) is 14.4. The van der Waals surface area contributed by atoms with Gasteiger partial charge in [0, 0.05) is 48.5 Å². The molecule has 8 heteroatoms. The monoisotopic (exact) mass is 1300 g/mol. The van der Waals surface area contributed by atoms with E-state index >= 15 is 0 Å². The van der Waals surface area contributed by atoms with Crippen LogP contribution in [0.5, 0.6) is 0 Å². The van der Waals surface area contributed by atoms with Gasteiger partial charge in [-0.3, -0.25) is 15.0 Å². The SMILES string of the molecule is CC(C)(C)c1ccnc(-c2[c-]cccc2)n1.CC(C)c1cc(-c2ccc(-c3cc([Si](C)(C)C)cc([Si](C)(C)C)c3)cc2)cc(C(C)C)c1-n1c(-c2[c-]cc(C(C)(C)C)c3c2oc2cc4c(ccc5ccccc54)cc23)nc2ccccc21.[Ir]. The minimum Gasteiger partial charge on any atom is -0.501 e. The molecule has 0 saturated carbocycles. The Balaban J connectivity index is 0.000000390. The van der Waals surface area contributed by atoms with E-state index in [9.17, 15) is 0 Å². The fraction of sp³-hybridized carbons (Fsp3) is 0.267. The second-order valence-electron chi connectivity index (χ2n) is 27.2. The number of benzene rings is 9. The summed E-state index contributed by atoms with van der Waals surface area (Å²) in [6.07, 6.45) is 1.81. The molecule has 0 spiro atoms. The van der Waals surface area contributed by atoms with Crippen LogP contribution in [0.1, 0.15) is 103 Å². The molecular weight excluding hydrogens is 1220 g/mol. The summed E-state index contributed by atoms with van der Waals surface area (Å²) in [5.74, 6) is 2.05. The molecule has 0 N–H and O–H groups in total. The zero-order chi connectivity index (χ0) is 58.2. The van der Waals surface area contributed by atoms with E-state index in [1.54, 1.807) is 0 Å². The van der Waals surface area contributed by atoms with Crippen LogP contribution in [-0.2, 0) is 30.9 Å². The van der Waals surface area contributed by atoms with E-state index < -0.39 is 16.1 Å². The van der Waals surface area contributed by atoms with Gasteiger partial charge in [0.15, 0.2) is 0 Å². The van der Waals surface area contributed by atoms with Crippen LogP contribution < -0.4 is 10.4 Å². The molecule has 423 valence electrons. The van der Waals surface area contributed by atoms with Crippen LogP contribution in [0.3, 0.4) is 0 Å². The van der Waals surface area contributed by atoms with Crippen LogP contribution in [0, 0.1) is 12.1 Å². The van der Waals surface area contributed by atoms with Crippen molar-refractivity contribution in [2.24, 2.45) is 0 Å². The van der Waals surface area contributed by atoms with Crippen molar-refractivity contribution in [2.75, 3.05) is 0 Å². The van der Waals surface area contributed by atoms with Crippen LogP contribution in [0.2, 0.25) is 39.3 Å². The van der Waals surface area contributed by atoms with Gasteiger partial charge in [0.2, 0.25) is 0 Å². The Morgan fingerprint density at radius 1 is 0.542 bits per heavy atom. The van der Waals surface area contributed by atoms with Gasteiger partial charge in [-0.05, 0) is 115 Å². The number of imidazole rings is 1. The van der Waals surface area contributed by atoms with Gasteiger partial charge in [-0.15, -0.1) is 53.6 Å². The maximum atomic E-state index is 7.16. The molecule has 9 aromatic carbocycles. The molecule has 0 fully saturated rings. The molecule has 5 nitrogen and oxygen atoms in total. The fourth-order valence-electron chi connectivity index (χ4n) is 11.4. The van der Waals surface area contributed by atoms with Crippen molar-refractivity contribution in [1.82, 2.24) is 19.5 Å². The molecule has 83 heavy (non-hydrogen) atoms. The maximum absolute atomic E-state index is 7.16. The summed E-state index contributed by atoms with van der Waals surface area (Å²) < 4.78 is 9.58. The first-order valence-corrected chi connectivity index (χ1v) is 36.3. The standard InChI is InChI=1S/C61H63N2OSi2.C14H15N2.Ir/c1-37(2)49-33-44(40-24-22-39(23-25-40)43-30-45(65(8,9)10)35-46(31-43)66(11,12)13)34-50(38(3)4)58(49)63-55-21-17-16-20-54(55)62-60(63)48-28-29-53(61(5,6)7)57-52-32-42-27-26-41-18-14-15-19-47(41)51(42)36-56(52)64-59(48)57;1-14(2,3)12-9-10-15-13(16-12)11-7-5-4-6-8-11;/h14-27,29-38H,1-13H3;4-7,9-10H,1-3H3;/q2*-1;. The number of para-hydroxylation sites is 2. The first-order chi connectivity index (χ1) is 38.8. The summed E-state index contributed by atoms with van der Waals surface area (Å²) >= 11 is 0. The van der Waals surface area contributed by atoms with E-state index in [4.69, 9.17) is 9.40 Å². The first kappa shape index (κ1) is 59.1. The molecule has 0 bridgehead atoms. The molecule has 12 rings (SSSR count). The molecule has 3 aromatic heterocycles. The van der Waals surface area contributed by atoms with Crippen molar-refractivity contribution in [2.45, 2.75) is 131 Å².